The van der Waals surface area contributed by atoms with E-state index in [-0.39, 0.29) is 18.6 Å². The summed E-state index contributed by atoms with van der Waals surface area (Å²) in [6.45, 7) is 1.04. The quantitative estimate of drug-likeness (QED) is 0.579. The number of amides is 3. The van der Waals surface area contributed by atoms with Gasteiger partial charge in [0.1, 0.15) is 6.10 Å². The molecule has 1 fully saturated rings. The number of benzene rings is 2. The topological polar surface area (TPSA) is 87.7 Å². The summed E-state index contributed by atoms with van der Waals surface area (Å²) < 4.78 is 5.75. The Balaban J connectivity index is 1.50. The highest BCUT2D eigenvalue weighted by atomic mass is 32.2. The normalized spacial score (nSPS) is 16.2. The molecule has 2 N–H and O–H groups in total. The molecule has 0 radical (unpaired) electrons. The molecule has 0 aromatic heterocycles. The van der Waals surface area contributed by atoms with Gasteiger partial charge in [-0.2, -0.15) is 0 Å². The summed E-state index contributed by atoms with van der Waals surface area (Å²) >= 11 is 1.47. The van der Waals surface area contributed by atoms with E-state index < -0.39 is 11.8 Å². The fraction of sp³-hybridized carbons (Fsp3) is 0.286. The van der Waals surface area contributed by atoms with Crippen LogP contribution in [0.1, 0.15) is 11.7 Å². The molecule has 1 unspecified atom stereocenters. The first-order chi connectivity index (χ1) is 14.1. The minimum atomic E-state index is -0.845. The van der Waals surface area contributed by atoms with Gasteiger partial charge in [0, 0.05) is 11.4 Å². The van der Waals surface area contributed by atoms with E-state index in [1.165, 1.54) is 11.8 Å². The second-order valence-corrected chi connectivity index (χ2v) is 7.30. The first-order valence-electron chi connectivity index (χ1n) is 9.25. The number of carbonyl (C=O) groups is 3. The van der Waals surface area contributed by atoms with Crippen LogP contribution in [0.5, 0.6) is 0 Å². The summed E-state index contributed by atoms with van der Waals surface area (Å²) in [7, 11) is 0. The Kier molecular flexibility index (Phi) is 7.26. The van der Waals surface area contributed by atoms with Crippen molar-refractivity contribution in [3.8, 4) is 0 Å². The molecule has 3 amide bonds. The van der Waals surface area contributed by atoms with Crippen molar-refractivity contribution in [1.29, 1.82) is 0 Å². The Morgan fingerprint density at radius 2 is 1.79 bits per heavy atom. The molecule has 1 aliphatic rings. The third kappa shape index (κ3) is 5.58. The van der Waals surface area contributed by atoms with E-state index in [4.69, 9.17) is 4.74 Å². The van der Waals surface area contributed by atoms with Crippen molar-refractivity contribution in [3.63, 3.8) is 0 Å². The molecule has 0 bridgehead atoms. The van der Waals surface area contributed by atoms with Gasteiger partial charge < -0.3 is 20.3 Å². The number of thioether (sulfide) groups is 1. The van der Waals surface area contributed by atoms with Gasteiger partial charge in [-0.05, 0) is 24.0 Å². The summed E-state index contributed by atoms with van der Waals surface area (Å²) in [5, 5.41) is 4.98. The fourth-order valence-corrected chi connectivity index (χ4v) is 3.57. The van der Waals surface area contributed by atoms with Crippen LogP contribution in [0.25, 0.3) is 0 Å². The van der Waals surface area contributed by atoms with E-state index in [1.54, 1.807) is 17.0 Å². The molecule has 1 aliphatic heterocycles. The van der Waals surface area contributed by atoms with Crippen LogP contribution in [0.4, 0.5) is 5.69 Å². The molecule has 152 valence electrons. The number of carbonyl (C=O) groups excluding carboxylic acids is 3. The molecule has 1 saturated heterocycles. The Morgan fingerprint density at radius 1 is 1.07 bits per heavy atom. The maximum atomic E-state index is 12.5. The number of morpholine rings is 1. The average molecular weight is 413 g/mol. The van der Waals surface area contributed by atoms with Crippen molar-refractivity contribution in [2.24, 2.45) is 0 Å². The molecule has 1 heterocycles. The van der Waals surface area contributed by atoms with E-state index >= 15 is 0 Å². The second kappa shape index (κ2) is 10.1. The van der Waals surface area contributed by atoms with Crippen LogP contribution in [0.3, 0.4) is 0 Å². The Hall–Kier alpha value is -2.84. The van der Waals surface area contributed by atoms with Crippen LogP contribution >= 0.6 is 11.8 Å². The molecule has 0 spiro atoms. The summed E-state index contributed by atoms with van der Waals surface area (Å²) in [6, 6.07) is 16.9. The van der Waals surface area contributed by atoms with Gasteiger partial charge in [-0.15, -0.1) is 11.8 Å². The number of para-hydroxylation sites is 1. The Labute approximate surface area is 173 Å². The first-order valence-corrected chi connectivity index (χ1v) is 10.5. The van der Waals surface area contributed by atoms with Gasteiger partial charge >= 0.3 is 11.8 Å². The molecule has 2 aromatic rings. The number of hydrogen-bond acceptors (Lipinski definition) is 5. The molecule has 29 heavy (non-hydrogen) atoms. The molecule has 3 rings (SSSR count). The molecular formula is C21H23N3O4S. The number of ether oxygens (including phenoxy) is 1. The monoisotopic (exact) mass is 413 g/mol. The lowest BCUT2D eigenvalue weighted by atomic mass is 10.1. The standard InChI is InChI=1S/C21H23N3O4S/c1-29-18-10-6-5-9-16(18)23-21(27)20(26)22-13-19(25)24-11-12-28-17(14-24)15-7-3-2-4-8-15/h2-10,17H,11-14H2,1H3,(H,22,26)(H,23,27). The summed E-state index contributed by atoms with van der Waals surface area (Å²) in [6.07, 6.45) is 1.69. The Morgan fingerprint density at radius 3 is 2.55 bits per heavy atom. The van der Waals surface area contributed by atoms with E-state index in [2.05, 4.69) is 10.6 Å². The first kappa shape index (κ1) is 20.9. The zero-order valence-electron chi connectivity index (χ0n) is 16.1. The van der Waals surface area contributed by atoms with Crippen LogP contribution in [0, 0.1) is 0 Å². The van der Waals surface area contributed by atoms with Gasteiger partial charge in [0.05, 0.1) is 25.4 Å². The molecular weight excluding hydrogens is 390 g/mol. The van der Waals surface area contributed by atoms with Crippen molar-refractivity contribution < 1.29 is 19.1 Å². The maximum absolute atomic E-state index is 12.5. The van der Waals surface area contributed by atoms with Crippen molar-refractivity contribution in [3.05, 3.63) is 60.2 Å². The van der Waals surface area contributed by atoms with Crippen molar-refractivity contribution in [1.82, 2.24) is 10.2 Å². The predicted molar refractivity (Wildman–Crippen MR) is 112 cm³/mol. The minimum Gasteiger partial charge on any atom is -0.370 e. The SMILES string of the molecule is CSc1ccccc1NC(=O)C(=O)NCC(=O)N1CCOC(c2ccccc2)C1. The smallest absolute Gasteiger partial charge is 0.313 e. The van der Waals surface area contributed by atoms with Crippen molar-refractivity contribution in [2.75, 3.05) is 37.8 Å². The highest BCUT2D eigenvalue weighted by Gasteiger charge is 2.26. The summed E-state index contributed by atoms with van der Waals surface area (Å²) in [5.41, 5.74) is 1.56. The lowest BCUT2D eigenvalue weighted by Crippen LogP contribution is -2.48. The highest BCUT2D eigenvalue weighted by Crippen LogP contribution is 2.24. The van der Waals surface area contributed by atoms with E-state index in [9.17, 15) is 14.4 Å². The average Bonchev–Trinajstić information content (AvgIpc) is 2.78. The fourth-order valence-electron chi connectivity index (χ4n) is 3.02. The van der Waals surface area contributed by atoms with Crippen LogP contribution in [-0.4, -0.2) is 55.1 Å². The van der Waals surface area contributed by atoms with Crippen molar-refractivity contribution >= 4 is 35.2 Å². The predicted octanol–water partition coefficient (Wildman–Crippen LogP) is 2.06. The van der Waals surface area contributed by atoms with Crippen LogP contribution < -0.4 is 10.6 Å². The molecule has 7 nitrogen and oxygen atoms in total. The number of anilines is 1. The van der Waals surface area contributed by atoms with Gasteiger partial charge in [-0.1, -0.05) is 42.5 Å². The molecule has 0 saturated carbocycles. The number of nitrogens with zero attached hydrogens (tertiary/aromatic N) is 1. The van der Waals surface area contributed by atoms with E-state index in [0.717, 1.165) is 10.5 Å². The van der Waals surface area contributed by atoms with Gasteiger partial charge in [0.25, 0.3) is 0 Å². The largest absolute Gasteiger partial charge is 0.370 e. The third-order valence-electron chi connectivity index (χ3n) is 4.55. The zero-order chi connectivity index (χ0) is 20.6. The van der Waals surface area contributed by atoms with Crippen molar-refractivity contribution in [2.45, 2.75) is 11.0 Å². The van der Waals surface area contributed by atoms with Gasteiger partial charge in [-0.3, -0.25) is 14.4 Å². The second-order valence-electron chi connectivity index (χ2n) is 6.45. The third-order valence-corrected chi connectivity index (χ3v) is 5.35. The van der Waals surface area contributed by atoms with E-state index in [0.29, 0.717) is 25.4 Å². The number of hydrogen-bond donors (Lipinski definition) is 2. The molecule has 1 atom stereocenters. The van der Waals surface area contributed by atoms with Crippen LogP contribution in [0.2, 0.25) is 0 Å². The minimum absolute atomic E-state index is 0.198. The summed E-state index contributed by atoms with van der Waals surface area (Å²) in [5.74, 6) is -1.90. The highest BCUT2D eigenvalue weighted by molar-refractivity contribution is 7.98. The number of rotatable bonds is 5. The number of nitrogens with one attached hydrogen (secondary N) is 2. The van der Waals surface area contributed by atoms with Gasteiger partial charge in [0.15, 0.2) is 0 Å². The molecule has 8 heteroatoms. The molecule has 2 aromatic carbocycles. The van der Waals surface area contributed by atoms with Crippen LogP contribution in [0.15, 0.2) is 59.5 Å². The summed E-state index contributed by atoms with van der Waals surface area (Å²) in [4.78, 5) is 39.2. The lowest BCUT2D eigenvalue weighted by Gasteiger charge is -2.33. The maximum Gasteiger partial charge on any atom is 0.313 e. The van der Waals surface area contributed by atoms with Gasteiger partial charge in [0.2, 0.25) is 5.91 Å². The van der Waals surface area contributed by atoms with E-state index in [1.807, 2.05) is 48.7 Å². The Bertz CT molecular complexity index is 875. The van der Waals surface area contributed by atoms with Gasteiger partial charge in [-0.25, -0.2) is 0 Å². The molecule has 0 aliphatic carbocycles. The lowest BCUT2D eigenvalue weighted by molar-refractivity contribution is -0.141. The zero-order valence-corrected chi connectivity index (χ0v) is 16.9. The van der Waals surface area contributed by atoms with Crippen LogP contribution in [-0.2, 0) is 19.1 Å².